The molecule has 0 aliphatic carbocycles. The van der Waals surface area contributed by atoms with Crippen LogP contribution in [0.5, 0.6) is 11.7 Å². The van der Waals surface area contributed by atoms with E-state index in [0.29, 0.717) is 41.5 Å². The van der Waals surface area contributed by atoms with Crippen molar-refractivity contribution in [1.82, 2.24) is 10.2 Å². The van der Waals surface area contributed by atoms with Crippen LogP contribution in [0.25, 0.3) is 5.69 Å². The van der Waals surface area contributed by atoms with Crippen molar-refractivity contribution in [1.29, 1.82) is 0 Å². The van der Waals surface area contributed by atoms with Crippen LogP contribution in [0.1, 0.15) is 41.1 Å². The number of esters is 1. The monoisotopic (exact) mass is 546 g/mol. The molecule has 37 heavy (non-hydrogen) atoms. The average molecular weight is 547 g/mol. The molecular formula is C24H26N4O7S2. The minimum atomic E-state index is -0.605. The van der Waals surface area contributed by atoms with Gasteiger partial charge in [0.2, 0.25) is 17.5 Å². The number of nitrogens with zero attached hydrogens (tertiary/aromatic N) is 3. The third-order valence-electron chi connectivity index (χ3n) is 5.69. The highest BCUT2D eigenvalue weighted by Crippen LogP contribution is 2.38. The lowest BCUT2D eigenvalue weighted by Crippen LogP contribution is -2.34. The summed E-state index contributed by atoms with van der Waals surface area (Å²) >= 11 is 2.42. The Hall–Kier alpha value is -3.58. The van der Waals surface area contributed by atoms with E-state index in [1.807, 2.05) is 0 Å². The Morgan fingerprint density at radius 2 is 2.05 bits per heavy atom. The molecule has 13 heteroatoms. The van der Waals surface area contributed by atoms with Gasteiger partial charge in [0.25, 0.3) is 5.03 Å². The van der Waals surface area contributed by atoms with Crippen molar-refractivity contribution in [2.24, 2.45) is 0 Å². The number of rotatable bonds is 9. The molecule has 0 bridgehead atoms. The maximum atomic E-state index is 12.8. The fraction of sp³-hybridized carbons (Fsp3) is 0.375. The third kappa shape index (κ3) is 5.88. The second kappa shape index (κ2) is 11.6. The number of amides is 2. The zero-order valence-corrected chi connectivity index (χ0v) is 22.2. The number of hydrogen-bond acceptors (Lipinski definition) is 10. The Balaban J connectivity index is 1.44. The van der Waals surface area contributed by atoms with Gasteiger partial charge in [0.1, 0.15) is 10.8 Å². The van der Waals surface area contributed by atoms with Crippen LogP contribution >= 0.6 is 23.1 Å². The number of carbonyl (C=O) groups excluding carboxylic acids is 3. The summed E-state index contributed by atoms with van der Waals surface area (Å²) in [7, 11) is 1.56. The fourth-order valence-corrected chi connectivity index (χ4v) is 6.02. The summed E-state index contributed by atoms with van der Waals surface area (Å²) in [5.41, 5.74) is 1.78. The molecule has 2 aromatic heterocycles. The molecule has 11 nitrogen and oxygen atoms in total. The number of ether oxygens (including phenoxy) is 2. The lowest BCUT2D eigenvalue weighted by Gasteiger charge is -2.25. The Morgan fingerprint density at radius 3 is 2.73 bits per heavy atom. The highest BCUT2D eigenvalue weighted by Gasteiger charge is 2.30. The quantitative estimate of drug-likeness (QED) is 0.243. The predicted octanol–water partition coefficient (Wildman–Crippen LogP) is 2.30. The second-order valence-electron chi connectivity index (χ2n) is 8.04. The predicted molar refractivity (Wildman–Crippen MR) is 133 cm³/mol. The molecule has 0 saturated carbocycles. The van der Waals surface area contributed by atoms with Crippen molar-refractivity contribution in [3.63, 3.8) is 0 Å². The maximum Gasteiger partial charge on any atom is 0.341 e. The lowest BCUT2D eigenvalue weighted by molar-refractivity contribution is -0.705. The summed E-state index contributed by atoms with van der Waals surface area (Å²) in [5, 5.41) is 19.5. The molecular weight excluding hydrogens is 520 g/mol. The molecule has 3 heterocycles. The van der Waals surface area contributed by atoms with Crippen molar-refractivity contribution >= 4 is 45.9 Å². The number of anilines is 1. The number of thiophene rings is 1. The van der Waals surface area contributed by atoms with E-state index >= 15 is 0 Å². The number of benzene rings is 1. The van der Waals surface area contributed by atoms with Gasteiger partial charge in [-0.25, -0.2) is 4.79 Å². The Labute approximate surface area is 221 Å². The summed E-state index contributed by atoms with van der Waals surface area (Å²) in [6, 6.07) is 6.95. The molecule has 3 aromatic rings. The van der Waals surface area contributed by atoms with Crippen molar-refractivity contribution < 1.29 is 38.2 Å². The summed E-state index contributed by atoms with van der Waals surface area (Å²) in [4.78, 5) is 39.9. The van der Waals surface area contributed by atoms with Crippen molar-refractivity contribution in [3.8, 4) is 17.4 Å². The highest BCUT2D eigenvalue weighted by molar-refractivity contribution is 7.99. The zero-order valence-electron chi connectivity index (χ0n) is 20.6. The van der Waals surface area contributed by atoms with E-state index in [2.05, 4.69) is 10.6 Å². The van der Waals surface area contributed by atoms with E-state index in [9.17, 15) is 19.5 Å². The van der Waals surface area contributed by atoms with Gasteiger partial charge < -0.3 is 29.3 Å². The summed E-state index contributed by atoms with van der Waals surface area (Å²) in [6.45, 7) is 4.32. The summed E-state index contributed by atoms with van der Waals surface area (Å²) in [6.07, 6.45) is 0.582. The topological polar surface area (TPSA) is 138 Å². The largest absolute Gasteiger partial charge is 0.538 e. The lowest BCUT2D eigenvalue weighted by atomic mass is 10.0. The van der Waals surface area contributed by atoms with Crippen LogP contribution < -0.4 is 19.8 Å². The standard InChI is InChI=1S/C24H26N4O7S2/c1-4-34-23(31)20-17-9-11-27(14(2)29)13-18(17)37-21(20)25-19(30)10-12-36-22-24(32)35-26-28(22)15-5-7-16(33-3)8-6-15/h5-8H,4,9-13H2,1-3H3,(H-,25,26,30,31,32). The van der Waals surface area contributed by atoms with Gasteiger partial charge in [0, 0.05) is 42.7 Å². The Bertz CT molecular complexity index is 1300. The Morgan fingerprint density at radius 1 is 1.30 bits per heavy atom. The van der Waals surface area contributed by atoms with Gasteiger partial charge in [0.15, 0.2) is 5.95 Å². The molecule has 4 rings (SSSR count). The fourth-order valence-electron chi connectivity index (χ4n) is 3.86. The van der Waals surface area contributed by atoms with E-state index in [1.54, 1.807) is 43.2 Å². The first-order valence-electron chi connectivity index (χ1n) is 11.6. The molecule has 1 aliphatic rings. The van der Waals surface area contributed by atoms with Gasteiger partial charge in [-0.1, -0.05) is 11.8 Å². The molecule has 1 N–H and O–H groups in total. The molecule has 1 aliphatic heterocycles. The molecule has 0 unspecified atom stereocenters. The molecule has 0 atom stereocenters. The van der Waals surface area contributed by atoms with Gasteiger partial charge in [0.05, 0.1) is 31.1 Å². The van der Waals surface area contributed by atoms with E-state index in [-0.39, 0.29) is 35.6 Å². The van der Waals surface area contributed by atoms with Crippen molar-refractivity contribution in [2.45, 2.75) is 38.3 Å². The first kappa shape index (κ1) is 26.5. The number of fused-ring (bicyclic) bond motifs is 1. The van der Waals surface area contributed by atoms with E-state index in [1.165, 1.54) is 22.9 Å². The highest BCUT2D eigenvalue weighted by atomic mass is 32.2. The molecule has 196 valence electrons. The summed E-state index contributed by atoms with van der Waals surface area (Å²) in [5.74, 6) is -0.532. The van der Waals surface area contributed by atoms with Crippen LogP contribution in [0.2, 0.25) is 0 Å². The summed E-state index contributed by atoms with van der Waals surface area (Å²) < 4.78 is 16.6. The van der Waals surface area contributed by atoms with Crippen LogP contribution in [0.3, 0.4) is 0 Å². The first-order chi connectivity index (χ1) is 17.8. The van der Waals surface area contributed by atoms with Crippen molar-refractivity contribution in [3.05, 3.63) is 40.3 Å². The van der Waals surface area contributed by atoms with E-state index in [4.69, 9.17) is 14.0 Å². The SMILES string of the molecule is CCOC(=O)c1c(NC(=O)CCSc2c([O-])on[n+]2-c2ccc(OC)cc2)sc2c1CCN(C(C)=O)C2. The number of methoxy groups -OCH3 is 1. The molecule has 0 saturated heterocycles. The number of thioether (sulfide) groups is 1. The third-order valence-corrected chi connectivity index (χ3v) is 7.85. The van der Waals surface area contributed by atoms with Gasteiger partial charge in [-0.3, -0.25) is 9.59 Å². The number of nitrogens with one attached hydrogen (secondary N) is 1. The maximum absolute atomic E-state index is 12.8. The molecule has 0 fully saturated rings. The van der Waals surface area contributed by atoms with Crippen LogP contribution in [0.15, 0.2) is 33.8 Å². The van der Waals surface area contributed by atoms with Gasteiger partial charge in [-0.2, -0.15) is 0 Å². The minimum absolute atomic E-state index is 0.0438. The zero-order chi connectivity index (χ0) is 26.5. The number of hydrogen-bond donors (Lipinski definition) is 1. The molecule has 2 amide bonds. The van der Waals surface area contributed by atoms with Gasteiger partial charge in [-0.05, 0) is 35.7 Å². The van der Waals surface area contributed by atoms with Crippen LogP contribution in [-0.2, 0) is 27.3 Å². The number of aromatic nitrogens is 2. The van der Waals surface area contributed by atoms with Crippen LogP contribution in [0, 0.1) is 0 Å². The average Bonchev–Trinajstić information content (AvgIpc) is 3.43. The van der Waals surface area contributed by atoms with Crippen LogP contribution in [-0.4, -0.2) is 54.0 Å². The number of carbonyl (C=O) groups is 3. The van der Waals surface area contributed by atoms with Crippen molar-refractivity contribution in [2.75, 3.05) is 31.3 Å². The smallest absolute Gasteiger partial charge is 0.341 e. The first-order valence-corrected chi connectivity index (χ1v) is 13.4. The minimum Gasteiger partial charge on any atom is -0.538 e. The normalized spacial score (nSPS) is 12.7. The van der Waals surface area contributed by atoms with Gasteiger partial charge >= 0.3 is 5.97 Å². The van der Waals surface area contributed by atoms with Gasteiger partial charge in [-0.15, -0.1) is 11.3 Å². The van der Waals surface area contributed by atoms with E-state index in [0.717, 1.165) is 22.2 Å². The molecule has 1 aromatic carbocycles. The van der Waals surface area contributed by atoms with E-state index < -0.39 is 11.9 Å². The Kier molecular flexibility index (Phi) is 8.34. The van der Waals surface area contributed by atoms with Crippen LogP contribution in [0.4, 0.5) is 5.00 Å². The molecule has 0 radical (unpaired) electrons. The molecule has 0 spiro atoms. The second-order valence-corrected chi connectivity index (χ2v) is 10.2.